The van der Waals surface area contributed by atoms with Crippen LogP contribution < -0.4 is 0 Å². The predicted molar refractivity (Wildman–Crippen MR) is 83.9 cm³/mol. The molecule has 0 spiro atoms. The van der Waals surface area contributed by atoms with E-state index in [1.54, 1.807) is 6.20 Å². The van der Waals surface area contributed by atoms with E-state index in [0.717, 1.165) is 41.1 Å². The Balaban J connectivity index is 1.90. The molecule has 1 N–H and O–H groups in total. The summed E-state index contributed by atoms with van der Waals surface area (Å²) in [5, 5.41) is 9.01. The average Bonchev–Trinajstić information content (AvgIpc) is 3.39. The van der Waals surface area contributed by atoms with Crippen LogP contribution in [-0.2, 0) is 12.7 Å². The molecule has 1 aliphatic rings. The minimum atomic E-state index is -4.39. The monoisotopic (exact) mass is 351 g/mol. The summed E-state index contributed by atoms with van der Waals surface area (Å²) in [7, 11) is 1.46. The van der Waals surface area contributed by atoms with E-state index in [4.69, 9.17) is 5.11 Å². The lowest BCUT2D eigenvalue weighted by Crippen LogP contribution is -2.25. The van der Waals surface area contributed by atoms with Gasteiger partial charge in [-0.3, -0.25) is 0 Å². The van der Waals surface area contributed by atoms with Crippen molar-refractivity contribution in [1.29, 1.82) is 0 Å². The zero-order valence-corrected chi connectivity index (χ0v) is 13.4. The molecule has 3 rings (SSSR count). The van der Waals surface area contributed by atoms with E-state index in [1.807, 2.05) is 0 Å². The molecule has 0 unspecified atom stereocenters. The van der Waals surface area contributed by atoms with Gasteiger partial charge >= 0.3 is 12.3 Å². The van der Waals surface area contributed by atoms with Crippen molar-refractivity contribution in [2.24, 2.45) is 0 Å². The van der Waals surface area contributed by atoms with Gasteiger partial charge in [0.15, 0.2) is 5.82 Å². The van der Waals surface area contributed by atoms with Gasteiger partial charge in [-0.2, -0.15) is 13.2 Å². The molecule has 132 valence electrons. The van der Waals surface area contributed by atoms with Crippen molar-refractivity contribution in [3.05, 3.63) is 47.3 Å². The second-order valence-corrected chi connectivity index (χ2v) is 6.09. The lowest BCUT2D eigenvalue weighted by atomic mass is 10.1. The Labute approximate surface area is 142 Å². The number of amides is 1. The zero-order valence-electron chi connectivity index (χ0n) is 13.4. The summed E-state index contributed by atoms with van der Waals surface area (Å²) in [6, 6.07) is 4.69. The van der Waals surface area contributed by atoms with Crippen LogP contribution in [0.5, 0.6) is 0 Å². The molecule has 1 saturated carbocycles. The summed E-state index contributed by atoms with van der Waals surface area (Å²) in [6.07, 6.45) is -1.94. The normalized spacial score (nSPS) is 14.4. The van der Waals surface area contributed by atoms with Gasteiger partial charge in [-0.15, -0.1) is 0 Å². The van der Waals surface area contributed by atoms with Crippen LogP contribution in [0.4, 0.5) is 18.0 Å². The van der Waals surface area contributed by atoms with Gasteiger partial charge in [0.05, 0.1) is 17.8 Å². The highest BCUT2D eigenvalue weighted by Crippen LogP contribution is 2.41. The Morgan fingerprint density at radius 2 is 1.92 bits per heavy atom. The first-order valence-electron chi connectivity index (χ1n) is 7.73. The molecule has 8 heteroatoms. The van der Waals surface area contributed by atoms with E-state index in [1.165, 1.54) is 19.2 Å². The van der Waals surface area contributed by atoms with Crippen LogP contribution in [0.3, 0.4) is 0 Å². The smallest absolute Gasteiger partial charge is 0.416 e. The number of benzene rings is 1. The summed E-state index contributed by atoms with van der Waals surface area (Å²) >= 11 is 0. The highest BCUT2D eigenvalue weighted by Gasteiger charge is 2.31. The first-order valence-corrected chi connectivity index (χ1v) is 7.73. The summed E-state index contributed by atoms with van der Waals surface area (Å²) in [6.45, 7) is 0.175. The number of rotatable bonds is 4. The predicted octanol–water partition coefficient (Wildman–Crippen LogP) is 4.15. The molecule has 1 heterocycles. The van der Waals surface area contributed by atoms with Crippen LogP contribution in [-0.4, -0.2) is 33.1 Å². The van der Waals surface area contributed by atoms with E-state index >= 15 is 0 Å². The van der Waals surface area contributed by atoms with Crippen molar-refractivity contribution < 1.29 is 23.1 Å². The summed E-state index contributed by atoms with van der Waals surface area (Å²) in [5.74, 6) is 0.603. The average molecular weight is 351 g/mol. The molecule has 1 aromatic carbocycles. The van der Waals surface area contributed by atoms with Gasteiger partial charge in [0.1, 0.15) is 0 Å². The number of aromatic nitrogens is 2. The summed E-state index contributed by atoms with van der Waals surface area (Å²) in [4.78, 5) is 20.8. The fourth-order valence-electron chi connectivity index (χ4n) is 2.52. The zero-order chi connectivity index (χ0) is 18.2. The lowest BCUT2D eigenvalue weighted by molar-refractivity contribution is -0.137. The Hall–Kier alpha value is -2.64. The molecule has 1 fully saturated rings. The summed E-state index contributed by atoms with van der Waals surface area (Å²) < 4.78 is 38.0. The maximum absolute atomic E-state index is 12.7. The minimum absolute atomic E-state index is 0.175. The van der Waals surface area contributed by atoms with E-state index in [0.29, 0.717) is 11.4 Å². The lowest BCUT2D eigenvalue weighted by Gasteiger charge is -2.16. The SMILES string of the molecule is CN(Cc1cnc(-c2ccc(C(F)(F)F)cc2)nc1C1CC1)C(=O)O. The van der Waals surface area contributed by atoms with Crippen molar-refractivity contribution in [2.45, 2.75) is 31.5 Å². The van der Waals surface area contributed by atoms with Gasteiger partial charge in [0, 0.05) is 30.3 Å². The maximum Gasteiger partial charge on any atom is 0.416 e. The van der Waals surface area contributed by atoms with Crippen LogP contribution in [0.1, 0.15) is 35.6 Å². The van der Waals surface area contributed by atoms with Crippen molar-refractivity contribution in [1.82, 2.24) is 14.9 Å². The highest BCUT2D eigenvalue weighted by molar-refractivity contribution is 5.64. The van der Waals surface area contributed by atoms with Gasteiger partial charge < -0.3 is 10.0 Å². The number of alkyl halides is 3. The molecule has 0 radical (unpaired) electrons. The third kappa shape index (κ3) is 3.89. The number of hydrogen-bond acceptors (Lipinski definition) is 3. The molecular weight excluding hydrogens is 335 g/mol. The van der Waals surface area contributed by atoms with E-state index in [2.05, 4.69) is 9.97 Å². The third-order valence-electron chi connectivity index (χ3n) is 4.07. The fourth-order valence-corrected chi connectivity index (χ4v) is 2.52. The van der Waals surface area contributed by atoms with Crippen LogP contribution in [0, 0.1) is 0 Å². The molecule has 1 aromatic heterocycles. The maximum atomic E-state index is 12.7. The second kappa shape index (κ2) is 6.34. The molecule has 25 heavy (non-hydrogen) atoms. The summed E-state index contributed by atoms with van der Waals surface area (Å²) in [5.41, 5.74) is 1.27. The van der Waals surface area contributed by atoms with E-state index in [9.17, 15) is 18.0 Å². The standard InChI is InChI=1S/C17H16F3N3O2/c1-23(16(24)25)9-12-8-21-15(22-14(12)10-2-3-10)11-4-6-13(7-5-11)17(18,19)20/h4-8,10H,2-3,9H2,1H3,(H,24,25). The van der Waals surface area contributed by atoms with Crippen LogP contribution in [0.15, 0.2) is 30.5 Å². The van der Waals surface area contributed by atoms with Gasteiger partial charge in [0.2, 0.25) is 0 Å². The molecule has 2 aromatic rings. The first kappa shape index (κ1) is 17.2. The topological polar surface area (TPSA) is 66.3 Å². The number of halogens is 3. The van der Waals surface area contributed by atoms with Crippen LogP contribution in [0.2, 0.25) is 0 Å². The minimum Gasteiger partial charge on any atom is -0.465 e. The van der Waals surface area contributed by atoms with Gasteiger partial charge in [-0.25, -0.2) is 14.8 Å². The molecule has 0 saturated heterocycles. The molecule has 1 amide bonds. The Morgan fingerprint density at radius 3 is 2.44 bits per heavy atom. The molecule has 0 aliphatic heterocycles. The molecule has 1 aliphatic carbocycles. The van der Waals surface area contributed by atoms with Gasteiger partial charge in [0.25, 0.3) is 0 Å². The second-order valence-electron chi connectivity index (χ2n) is 6.09. The molecule has 5 nitrogen and oxygen atoms in total. The van der Waals surface area contributed by atoms with Crippen molar-refractivity contribution in [2.75, 3.05) is 7.05 Å². The first-order chi connectivity index (χ1) is 11.8. The Morgan fingerprint density at radius 1 is 1.28 bits per heavy atom. The number of carbonyl (C=O) groups is 1. The molecular formula is C17H16F3N3O2. The van der Waals surface area contributed by atoms with E-state index in [-0.39, 0.29) is 12.5 Å². The van der Waals surface area contributed by atoms with Crippen LogP contribution >= 0.6 is 0 Å². The van der Waals surface area contributed by atoms with E-state index < -0.39 is 17.8 Å². The largest absolute Gasteiger partial charge is 0.465 e. The van der Waals surface area contributed by atoms with Crippen molar-refractivity contribution in [3.8, 4) is 11.4 Å². The Kier molecular flexibility index (Phi) is 4.36. The number of nitrogens with zero attached hydrogens (tertiary/aromatic N) is 3. The quantitative estimate of drug-likeness (QED) is 0.899. The molecule has 0 atom stereocenters. The van der Waals surface area contributed by atoms with Crippen molar-refractivity contribution >= 4 is 6.09 Å². The van der Waals surface area contributed by atoms with Gasteiger partial charge in [-0.05, 0) is 25.0 Å². The third-order valence-corrected chi connectivity index (χ3v) is 4.07. The van der Waals surface area contributed by atoms with Crippen molar-refractivity contribution in [3.63, 3.8) is 0 Å². The van der Waals surface area contributed by atoms with Gasteiger partial charge in [-0.1, -0.05) is 12.1 Å². The highest BCUT2D eigenvalue weighted by atomic mass is 19.4. The number of hydrogen-bond donors (Lipinski definition) is 1. The molecule has 0 bridgehead atoms. The fraction of sp³-hybridized carbons (Fsp3) is 0.353. The number of carboxylic acid groups (broad SMARTS) is 1. The Bertz CT molecular complexity index is 787. The van der Waals surface area contributed by atoms with Crippen LogP contribution in [0.25, 0.3) is 11.4 Å².